The number of carbonyl (C=O) groups excluding carboxylic acids is 1. The van der Waals surface area contributed by atoms with Gasteiger partial charge < -0.3 is 4.74 Å². The average molecular weight is 388 g/mol. The zero-order chi connectivity index (χ0) is 19.2. The molecule has 2 heterocycles. The fourth-order valence-corrected chi connectivity index (χ4v) is 7.56. The summed E-state index contributed by atoms with van der Waals surface area (Å²) in [5.41, 5.74) is 1.83. The molecule has 0 aromatic heterocycles. The lowest BCUT2D eigenvalue weighted by atomic mass is 9.70. The second kappa shape index (κ2) is 5.16. The second-order valence-corrected chi connectivity index (χ2v) is 11.0. The van der Waals surface area contributed by atoms with Gasteiger partial charge in [0.05, 0.1) is 16.2 Å². The molecule has 1 aromatic rings. The summed E-state index contributed by atoms with van der Waals surface area (Å²) < 4.78 is 32.9. The van der Waals surface area contributed by atoms with E-state index in [9.17, 15) is 13.2 Å². The van der Waals surface area contributed by atoms with E-state index in [1.807, 2.05) is 6.07 Å². The van der Waals surface area contributed by atoms with Crippen LogP contribution in [0.4, 0.5) is 0 Å². The first kappa shape index (κ1) is 17.3. The summed E-state index contributed by atoms with van der Waals surface area (Å²) in [7, 11) is -3.55. The smallest absolute Gasteiger partial charge is 0.336 e. The van der Waals surface area contributed by atoms with E-state index in [-0.39, 0.29) is 27.8 Å². The maximum Gasteiger partial charge on any atom is 0.336 e. The van der Waals surface area contributed by atoms with Gasteiger partial charge in [0.15, 0.2) is 0 Å². The summed E-state index contributed by atoms with van der Waals surface area (Å²) in [5.74, 6) is 0.250. The molecule has 2 bridgehead atoms. The molecule has 5 rings (SSSR count). The molecule has 27 heavy (non-hydrogen) atoms. The molecular weight excluding hydrogens is 362 g/mol. The quantitative estimate of drug-likeness (QED) is 0.728. The van der Waals surface area contributed by atoms with Gasteiger partial charge in [-0.3, -0.25) is 4.31 Å². The fraction of sp³-hybridized carbons (Fsp3) is 0.571. The first-order valence-electron chi connectivity index (χ1n) is 9.74. The number of esters is 1. The highest BCUT2D eigenvalue weighted by Gasteiger charge is 2.63. The van der Waals surface area contributed by atoms with Gasteiger partial charge in [-0.05, 0) is 36.7 Å². The van der Waals surface area contributed by atoms with E-state index in [0.717, 1.165) is 12.8 Å². The lowest BCUT2D eigenvalue weighted by Crippen LogP contribution is -2.38. The van der Waals surface area contributed by atoms with E-state index in [0.29, 0.717) is 35.7 Å². The third kappa shape index (κ3) is 2.00. The second-order valence-electron chi connectivity index (χ2n) is 9.15. The van der Waals surface area contributed by atoms with Crippen LogP contribution in [-0.2, 0) is 19.6 Å². The molecule has 0 radical (unpaired) electrons. The molecule has 0 unspecified atom stereocenters. The van der Waals surface area contributed by atoms with Crippen LogP contribution in [0.5, 0.6) is 0 Å². The number of ether oxygens (including phenoxy) is 1. The van der Waals surface area contributed by atoms with Crippen molar-refractivity contribution in [3.8, 4) is 0 Å². The van der Waals surface area contributed by atoms with Crippen LogP contribution in [0, 0.1) is 16.7 Å². The minimum absolute atomic E-state index is 0.00347. The van der Waals surface area contributed by atoms with E-state index in [2.05, 4.69) is 20.8 Å². The van der Waals surface area contributed by atoms with Gasteiger partial charge >= 0.3 is 5.97 Å². The zero-order valence-corrected chi connectivity index (χ0v) is 16.8. The minimum atomic E-state index is -3.55. The number of hydrogen-bond acceptors (Lipinski definition) is 4. The lowest BCUT2D eigenvalue weighted by Gasteiger charge is -2.38. The van der Waals surface area contributed by atoms with E-state index >= 15 is 0 Å². The van der Waals surface area contributed by atoms with Crippen LogP contribution in [0.3, 0.4) is 0 Å². The van der Waals surface area contributed by atoms with Gasteiger partial charge in [-0.1, -0.05) is 39.0 Å². The largest absolute Gasteiger partial charge is 0.458 e. The molecule has 1 aromatic carbocycles. The zero-order valence-electron chi connectivity index (χ0n) is 16.0. The van der Waals surface area contributed by atoms with Gasteiger partial charge in [0.1, 0.15) is 6.10 Å². The summed E-state index contributed by atoms with van der Waals surface area (Å²) in [5, 5.41) is 0. The Balaban J connectivity index is 1.50. The van der Waals surface area contributed by atoms with Crippen LogP contribution in [0.25, 0.3) is 5.70 Å². The van der Waals surface area contributed by atoms with Crippen LogP contribution < -0.4 is 0 Å². The molecule has 0 spiro atoms. The summed E-state index contributed by atoms with van der Waals surface area (Å²) >= 11 is 0. The molecule has 0 saturated heterocycles. The Bertz CT molecular complexity index is 993. The van der Waals surface area contributed by atoms with E-state index in [4.69, 9.17) is 4.74 Å². The third-order valence-electron chi connectivity index (χ3n) is 8.02. The van der Waals surface area contributed by atoms with Crippen molar-refractivity contribution < 1.29 is 17.9 Å². The predicted molar refractivity (Wildman–Crippen MR) is 101 cm³/mol. The van der Waals surface area contributed by atoms with Gasteiger partial charge in [-0.15, -0.1) is 0 Å². The molecule has 2 saturated carbocycles. The molecule has 3 atom stereocenters. The number of sulfonamides is 1. The van der Waals surface area contributed by atoms with Crippen molar-refractivity contribution in [2.45, 2.75) is 57.5 Å². The van der Waals surface area contributed by atoms with E-state index in [1.54, 1.807) is 18.2 Å². The van der Waals surface area contributed by atoms with Gasteiger partial charge in [0.25, 0.3) is 10.0 Å². The average Bonchev–Trinajstić information content (AvgIpc) is 3.27. The Morgan fingerprint density at radius 3 is 2.63 bits per heavy atom. The standard InChI is InChI=1S/C21H25NO4S/c1-20(2)13-8-10-21(20,3)17(12-13)26-19(23)15-9-11-22-18(15)14-6-4-5-7-16(14)27(22,24)25/h4-7,13,17H,8-12H2,1-3H3/t13-,17+,21+/m0/s1. The van der Waals surface area contributed by atoms with E-state index < -0.39 is 10.0 Å². The third-order valence-corrected chi connectivity index (χ3v) is 9.88. The first-order chi connectivity index (χ1) is 12.7. The Morgan fingerprint density at radius 2 is 1.96 bits per heavy atom. The number of hydrogen-bond donors (Lipinski definition) is 0. The van der Waals surface area contributed by atoms with Gasteiger partial charge in [-0.2, -0.15) is 0 Å². The van der Waals surface area contributed by atoms with Crippen LogP contribution in [0.1, 0.15) is 52.0 Å². The molecule has 4 aliphatic rings. The first-order valence-corrected chi connectivity index (χ1v) is 11.2. The SMILES string of the molecule is CC1(C)[C@H]2CC[C@]1(C)[C@H](OC(=O)C1=C3c4ccccc4S(=O)(=O)N3CC1)C2. The summed E-state index contributed by atoms with van der Waals surface area (Å²) in [4.78, 5) is 13.4. The predicted octanol–water partition coefficient (Wildman–Crippen LogP) is 3.56. The Kier molecular flexibility index (Phi) is 3.30. The highest BCUT2D eigenvalue weighted by atomic mass is 32.2. The van der Waals surface area contributed by atoms with Crippen molar-refractivity contribution >= 4 is 21.7 Å². The molecule has 0 N–H and O–H groups in total. The summed E-state index contributed by atoms with van der Waals surface area (Å²) in [6.07, 6.45) is 3.52. The summed E-state index contributed by atoms with van der Waals surface area (Å²) in [6, 6.07) is 6.92. The highest BCUT2D eigenvalue weighted by molar-refractivity contribution is 7.90. The maximum absolute atomic E-state index is 13.1. The number of nitrogens with zero attached hydrogens (tertiary/aromatic N) is 1. The molecule has 2 aliphatic carbocycles. The van der Waals surface area contributed by atoms with Crippen LogP contribution in [-0.4, -0.2) is 31.3 Å². The van der Waals surface area contributed by atoms with Crippen LogP contribution in [0.2, 0.25) is 0 Å². The Hall–Kier alpha value is -1.82. The monoisotopic (exact) mass is 387 g/mol. The normalized spacial score (nSPS) is 34.7. The van der Waals surface area contributed by atoms with Crippen molar-refractivity contribution in [3.63, 3.8) is 0 Å². The van der Waals surface area contributed by atoms with Gasteiger partial charge in [0, 0.05) is 23.9 Å². The van der Waals surface area contributed by atoms with Gasteiger partial charge in [0.2, 0.25) is 0 Å². The molecule has 6 heteroatoms. The molecule has 2 fully saturated rings. The topological polar surface area (TPSA) is 63.7 Å². The molecule has 144 valence electrons. The number of benzene rings is 1. The summed E-state index contributed by atoms with van der Waals surface area (Å²) in [6.45, 7) is 7.13. The van der Waals surface area contributed by atoms with Crippen molar-refractivity contribution in [3.05, 3.63) is 35.4 Å². The molecular formula is C21H25NO4S. The van der Waals surface area contributed by atoms with Gasteiger partial charge in [-0.25, -0.2) is 13.2 Å². The number of fused-ring (bicyclic) bond motifs is 5. The maximum atomic E-state index is 13.1. The van der Waals surface area contributed by atoms with Crippen LogP contribution in [0.15, 0.2) is 34.7 Å². The van der Waals surface area contributed by atoms with Crippen LogP contribution >= 0.6 is 0 Å². The Labute approximate surface area is 160 Å². The number of rotatable bonds is 2. The van der Waals surface area contributed by atoms with Crippen molar-refractivity contribution in [1.29, 1.82) is 0 Å². The fourth-order valence-electron chi connectivity index (χ4n) is 5.84. The molecule has 0 amide bonds. The lowest BCUT2D eigenvalue weighted by molar-refractivity contribution is -0.152. The van der Waals surface area contributed by atoms with E-state index in [1.165, 1.54) is 10.7 Å². The molecule has 5 nitrogen and oxygen atoms in total. The number of carbonyl (C=O) groups is 1. The van der Waals surface area contributed by atoms with Crippen molar-refractivity contribution in [1.82, 2.24) is 4.31 Å². The molecule has 2 aliphatic heterocycles. The van der Waals surface area contributed by atoms with Crippen molar-refractivity contribution in [2.75, 3.05) is 6.54 Å². The Morgan fingerprint density at radius 1 is 1.22 bits per heavy atom. The minimum Gasteiger partial charge on any atom is -0.458 e. The highest BCUT2D eigenvalue weighted by Crippen LogP contribution is 2.66. The van der Waals surface area contributed by atoms with Crippen molar-refractivity contribution in [2.24, 2.45) is 16.7 Å².